The van der Waals surface area contributed by atoms with E-state index in [1.54, 1.807) is 54.6 Å². The molecule has 8 heteroatoms. The van der Waals surface area contributed by atoms with Gasteiger partial charge < -0.3 is 10.2 Å². The highest BCUT2D eigenvalue weighted by atomic mass is 32.2. The van der Waals surface area contributed by atoms with E-state index in [2.05, 4.69) is 5.32 Å². The predicted octanol–water partition coefficient (Wildman–Crippen LogP) is 5.66. The zero-order valence-corrected chi connectivity index (χ0v) is 25.9. The van der Waals surface area contributed by atoms with E-state index in [4.69, 9.17) is 0 Å². The molecule has 4 aromatic rings. The van der Waals surface area contributed by atoms with Gasteiger partial charge in [-0.05, 0) is 63.1 Å². The first kappa shape index (κ1) is 31.5. The van der Waals surface area contributed by atoms with Crippen LogP contribution in [0.5, 0.6) is 0 Å². The first-order valence-electron chi connectivity index (χ1n) is 14.4. The summed E-state index contributed by atoms with van der Waals surface area (Å²) in [6.07, 6.45) is 0.271. The molecule has 1 N–H and O–H groups in total. The lowest BCUT2D eigenvalue weighted by atomic mass is 10.0. The zero-order chi connectivity index (χ0) is 31.0. The van der Waals surface area contributed by atoms with Crippen molar-refractivity contribution in [2.75, 3.05) is 10.8 Å². The first-order chi connectivity index (χ1) is 20.5. The second-order valence-electron chi connectivity index (χ2n) is 11.0. The van der Waals surface area contributed by atoms with E-state index >= 15 is 0 Å². The number of benzene rings is 4. The largest absolute Gasteiger partial charge is 0.352 e. The van der Waals surface area contributed by atoms with Gasteiger partial charge in [-0.15, -0.1) is 0 Å². The molecular weight excluding hydrogens is 558 g/mol. The maximum Gasteiger partial charge on any atom is 0.264 e. The number of aryl methyl sites for hydroxylation is 2. The van der Waals surface area contributed by atoms with Crippen LogP contribution in [0.3, 0.4) is 0 Å². The molecule has 0 saturated carbocycles. The first-order valence-corrected chi connectivity index (χ1v) is 15.8. The van der Waals surface area contributed by atoms with E-state index in [-0.39, 0.29) is 29.8 Å². The molecule has 43 heavy (non-hydrogen) atoms. The van der Waals surface area contributed by atoms with Gasteiger partial charge in [0.15, 0.2) is 0 Å². The number of nitrogens with one attached hydrogen (secondary N) is 1. The molecule has 0 saturated heterocycles. The predicted molar refractivity (Wildman–Crippen MR) is 171 cm³/mol. The summed E-state index contributed by atoms with van der Waals surface area (Å²) in [5.41, 5.74) is 4.03. The van der Waals surface area contributed by atoms with Crippen LogP contribution in [0, 0.1) is 13.8 Å². The smallest absolute Gasteiger partial charge is 0.264 e. The van der Waals surface area contributed by atoms with Gasteiger partial charge >= 0.3 is 0 Å². The summed E-state index contributed by atoms with van der Waals surface area (Å²) in [5, 5.41) is 2.98. The molecule has 4 rings (SSSR count). The normalized spacial score (nSPS) is 12.0. The Morgan fingerprint density at radius 1 is 0.744 bits per heavy atom. The number of para-hydroxylation sites is 1. The second-order valence-corrected chi connectivity index (χ2v) is 12.9. The number of carbonyl (C=O) groups excluding carboxylic acids is 2. The van der Waals surface area contributed by atoms with Gasteiger partial charge in [0, 0.05) is 19.0 Å². The Balaban J connectivity index is 1.79. The minimum absolute atomic E-state index is 0.0818. The van der Waals surface area contributed by atoms with Crippen molar-refractivity contribution in [3.8, 4) is 0 Å². The summed E-state index contributed by atoms with van der Waals surface area (Å²) in [4.78, 5) is 29.7. The van der Waals surface area contributed by atoms with E-state index in [1.165, 1.54) is 4.90 Å². The Morgan fingerprint density at radius 2 is 1.35 bits per heavy atom. The van der Waals surface area contributed by atoms with Crippen molar-refractivity contribution in [2.45, 2.75) is 57.6 Å². The number of nitrogens with zero attached hydrogens (tertiary/aromatic N) is 2. The van der Waals surface area contributed by atoms with Crippen LogP contribution < -0.4 is 9.62 Å². The third-order valence-corrected chi connectivity index (χ3v) is 8.86. The van der Waals surface area contributed by atoms with Crippen LogP contribution in [-0.4, -0.2) is 43.8 Å². The third-order valence-electron chi connectivity index (χ3n) is 7.07. The molecule has 0 fully saturated rings. The average molecular weight is 598 g/mol. The average Bonchev–Trinajstić information content (AvgIpc) is 2.98. The van der Waals surface area contributed by atoms with Crippen LogP contribution in [0.1, 0.15) is 36.1 Å². The number of rotatable bonds is 12. The number of sulfonamides is 1. The fourth-order valence-electron chi connectivity index (χ4n) is 4.90. The molecule has 4 aromatic carbocycles. The fraction of sp³-hybridized carbons (Fsp3) is 0.257. The molecule has 0 spiro atoms. The summed E-state index contributed by atoms with van der Waals surface area (Å²) < 4.78 is 29.2. The van der Waals surface area contributed by atoms with Crippen molar-refractivity contribution in [3.63, 3.8) is 0 Å². The number of hydrogen-bond acceptors (Lipinski definition) is 4. The standard InChI is InChI=1S/C35H39N3O4S/c1-26(2)36-35(40)33(23-29-13-7-5-8-14-29)37(24-30-15-11-12-28(4)22-30)34(39)25-38(31-16-9-6-10-17-31)43(41,42)32-20-18-27(3)19-21-32/h5-22,26,33H,23-25H2,1-4H3,(H,36,40)/t33-/m1/s1. The van der Waals surface area contributed by atoms with Gasteiger partial charge in [0.1, 0.15) is 12.6 Å². The summed E-state index contributed by atoms with van der Waals surface area (Å²) in [5.74, 6) is -0.784. The fourth-order valence-corrected chi connectivity index (χ4v) is 6.32. The molecule has 224 valence electrons. The quantitative estimate of drug-likeness (QED) is 0.228. The molecule has 0 bridgehead atoms. The molecule has 1 atom stereocenters. The lowest BCUT2D eigenvalue weighted by Gasteiger charge is -2.34. The van der Waals surface area contributed by atoms with Crippen molar-refractivity contribution >= 4 is 27.5 Å². The van der Waals surface area contributed by atoms with Gasteiger partial charge in [0.2, 0.25) is 11.8 Å². The number of anilines is 1. The van der Waals surface area contributed by atoms with Crippen LogP contribution in [0.15, 0.2) is 114 Å². The van der Waals surface area contributed by atoms with Crippen LogP contribution in [-0.2, 0) is 32.6 Å². The van der Waals surface area contributed by atoms with Gasteiger partial charge in [-0.25, -0.2) is 8.42 Å². The SMILES string of the molecule is Cc1ccc(S(=O)(=O)N(CC(=O)N(Cc2cccc(C)c2)[C@H](Cc2ccccc2)C(=O)NC(C)C)c2ccccc2)cc1. The minimum Gasteiger partial charge on any atom is -0.352 e. The van der Waals surface area contributed by atoms with Crippen molar-refractivity contribution in [2.24, 2.45) is 0 Å². The Hall–Kier alpha value is -4.43. The van der Waals surface area contributed by atoms with E-state index < -0.39 is 28.5 Å². The van der Waals surface area contributed by atoms with Crippen LogP contribution in [0.4, 0.5) is 5.69 Å². The second kappa shape index (κ2) is 14.2. The molecule has 0 heterocycles. The maximum absolute atomic E-state index is 14.4. The van der Waals surface area contributed by atoms with E-state index in [0.29, 0.717) is 5.69 Å². The van der Waals surface area contributed by atoms with Crippen LogP contribution in [0.25, 0.3) is 0 Å². The van der Waals surface area contributed by atoms with Crippen LogP contribution >= 0.6 is 0 Å². The Bertz CT molecular complexity index is 1620. The van der Waals surface area contributed by atoms with Gasteiger partial charge in [0.05, 0.1) is 10.6 Å². The lowest BCUT2D eigenvalue weighted by molar-refractivity contribution is -0.140. The maximum atomic E-state index is 14.4. The van der Waals surface area contributed by atoms with E-state index in [9.17, 15) is 18.0 Å². The summed E-state index contributed by atoms with van der Waals surface area (Å²) in [7, 11) is -4.12. The summed E-state index contributed by atoms with van der Waals surface area (Å²) in [6.45, 7) is 7.25. The lowest BCUT2D eigenvalue weighted by Crippen LogP contribution is -2.54. The minimum atomic E-state index is -4.12. The molecule has 0 radical (unpaired) electrons. The molecule has 0 aliphatic heterocycles. The molecular formula is C35H39N3O4S. The van der Waals surface area contributed by atoms with E-state index in [1.807, 2.05) is 82.3 Å². The topological polar surface area (TPSA) is 86.8 Å². The number of hydrogen-bond donors (Lipinski definition) is 1. The Kier molecular flexibility index (Phi) is 10.4. The molecule has 0 aliphatic carbocycles. The highest BCUT2D eigenvalue weighted by molar-refractivity contribution is 7.92. The van der Waals surface area contributed by atoms with Crippen molar-refractivity contribution in [3.05, 3.63) is 131 Å². The Labute approximate surface area is 255 Å². The summed E-state index contributed by atoms with van der Waals surface area (Å²) in [6, 6.07) is 31.4. The van der Waals surface area contributed by atoms with Gasteiger partial charge in [-0.2, -0.15) is 0 Å². The molecule has 0 aromatic heterocycles. The van der Waals surface area contributed by atoms with Crippen molar-refractivity contribution in [1.82, 2.24) is 10.2 Å². The van der Waals surface area contributed by atoms with E-state index in [0.717, 1.165) is 26.6 Å². The van der Waals surface area contributed by atoms with Gasteiger partial charge in [-0.1, -0.05) is 96.1 Å². The monoisotopic (exact) mass is 597 g/mol. The molecule has 7 nitrogen and oxygen atoms in total. The van der Waals surface area contributed by atoms with Crippen LogP contribution in [0.2, 0.25) is 0 Å². The van der Waals surface area contributed by atoms with Crippen molar-refractivity contribution in [1.29, 1.82) is 0 Å². The third kappa shape index (κ3) is 8.32. The summed E-state index contributed by atoms with van der Waals surface area (Å²) >= 11 is 0. The molecule has 0 unspecified atom stereocenters. The van der Waals surface area contributed by atoms with Gasteiger partial charge in [0.25, 0.3) is 10.0 Å². The molecule has 2 amide bonds. The Morgan fingerprint density at radius 3 is 1.95 bits per heavy atom. The highest BCUT2D eigenvalue weighted by Gasteiger charge is 2.34. The highest BCUT2D eigenvalue weighted by Crippen LogP contribution is 2.25. The van der Waals surface area contributed by atoms with Gasteiger partial charge in [-0.3, -0.25) is 13.9 Å². The molecule has 0 aliphatic rings. The zero-order valence-electron chi connectivity index (χ0n) is 25.1. The van der Waals surface area contributed by atoms with Crippen molar-refractivity contribution < 1.29 is 18.0 Å². The number of amides is 2. The number of carbonyl (C=O) groups is 2.